The maximum absolute atomic E-state index is 12.1. The molecule has 0 fully saturated rings. The molecular formula is C16H21NO6. The molecule has 0 radical (unpaired) electrons. The van der Waals surface area contributed by atoms with Crippen LogP contribution in [0.3, 0.4) is 0 Å². The molecule has 0 aliphatic rings. The van der Waals surface area contributed by atoms with Gasteiger partial charge in [0.2, 0.25) is 0 Å². The predicted octanol–water partition coefficient (Wildman–Crippen LogP) is 1.57. The number of benzene rings is 1. The van der Waals surface area contributed by atoms with Crippen LogP contribution in [0.2, 0.25) is 0 Å². The first kappa shape index (κ1) is 18.3. The van der Waals surface area contributed by atoms with Crippen LogP contribution >= 0.6 is 0 Å². The Labute approximate surface area is 135 Å². The highest BCUT2D eigenvalue weighted by Gasteiger charge is 2.24. The number of methoxy groups -OCH3 is 4. The summed E-state index contributed by atoms with van der Waals surface area (Å²) in [5, 5.41) is 0. The van der Waals surface area contributed by atoms with Gasteiger partial charge < -0.3 is 23.8 Å². The van der Waals surface area contributed by atoms with E-state index in [-0.39, 0.29) is 11.1 Å². The van der Waals surface area contributed by atoms with E-state index in [1.165, 1.54) is 40.6 Å². The number of hydrogen-bond donors (Lipinski definition) is 0. The minimum Gasteiger partial charge on any atom is -0.493 e. The molecule has 0 heterocycles. The Morgan fingerprint density at radius 3 is 1.83 bits per heavy atom. The second-order valence-corrected chi connectivity index (χ2v) is 4.74. The zero-order valence-electron chi connectivity index (χ0n) is 14.1. The van der Waals surface area contributed by atoms with Crippen molar-refractivity contribution in [2.45, 2.75) is 0 Å². The number of carbonyl (C=O) groups is 2. The molecule has 0 unspecified atom stereocenters. The molecule has 0 saturated heterocycles. The Morgan fingerprint density at radius 2 is 1.43 bits per heavy atom. The van der Waals surface area contributed by atoms with E-state index < -0.39 is 11.9 Å². The topological polar surface area (TPSA) is 74.3 Å². The van der Waals surface area contributed by atoms with Crippen molar-refractivity contribution in [3.05, 3.63) is 29.5 Å². The standard InChI is InChI=1S/C16H21NO6/c1-17(2)9-12(16(19)23-6)10-7-13(20-3)14(21-4)8-11(10)15(18)22-5/h7-9H,1-6H3/b12-9-. The maximum Gasteiger partial charge on any atom is 0.339 e. The third-order valence-corrected chi connectivity index (χ3v) is 3.01. The second-order valence-electron chi connectivity index (χ2n) is 4.74. The molecule has 126 valence electrons. The van der Waals surface area contributed by atoms with Gasteiger partial charge in [-0.2, -0.15) is 0 Å². The summed E-state index contributed by atoms with van der Waals surface area (Å²) in [5.74, 6) is -0.458. The number of hydrogen-bond acceptors (Lipinski definition) is 7. The van der Waals surface area contributed by atoms with Crippen LogP contribution in [0.5, 0.6) is 11.5 Å². The fourth-order valence-electron chi connectivity index (χ4n) is 1.98. The molecular weight excluding hydrogens is 302 g/mol. The van der Waals surface area contributed by atoms with Gasteiger partial charge in [0, 0.05) is 25.9 Å². The molecule has 0 aliphatic carbocycles. The number of esters is 2. The summed E-state index contributed by atoms with van der Waals surface area (Å²) >= 11 is 0. The van der Waals surface area contributed by atoms with E-state index >= 15 is 0 Å². The minimum absolute atomic E-state index is 0.170. The smallest absolute Gasteiger partial charge is 0.339 e. The van der Waals surface area contributed by atoms with Gasteiger partial charge in [-0.25, -0.2) is 9.59 Å². The van der Waals surface area contributed by atoms with Gasteiger partial charge in [-0.3, -0.25) is 0 Å². The van der Waals surface area contributed by atoms with Crippen LogP contribution in [0, 0.1) is 0 Å². The molecule has 1 rings (SSSR count). The molecule has 0 aliphatic heterocycles. The Hall–Kier alpha value is -2.70. The monoisotopic (exact) mass is 323 g/mol. The minimum atomic E-state index is -0.602. The molecule has 0 atom stereocenters. The van der Waals surface area contributed by atoms with Gasteiger partial charge in [-0.1, -0.05) is 0 Å². The Kier molecular flexibility index (Phi) is 6.44. The fraction of sp³-hybridized carbons (Fsp3) is 0.375. The van der Waals surface area contributed by atoms with Crippen molar-refractivity contribution in [3.63, 3.8) is 0 Å². The lowest BCUT2D eigenvalue weighted by Crippen LogP contribution is -2.14. The van der Waals surface area contributed by atoms with E-state index in [4.69, 9.17) is 18.9 Å². The summed E-state index contributed by atoms with van der Waals surface area (Å²) in [4.78, 5) is 25.9. The number of rotatable bonds is 6. The third-order valence-electron chi connectivity index (χ3n) is 3.01. The van der Waals surface area contributed by atoms with E-state index in [0.717, 1.165) is 0 Å². The van der Waals surface area contributed by atoms with Gasteiger partial charge in [0.15, 0.2) is 11.5 Å². The quantitative estimate of drug-likeness (QED) is 0.581. The van der Waals surface area contributed by atoms with Gasteiger partial charge in [0.05, 0.1) is 39.6 Å². The number of nitrogens with zero attached hydrogens (tertiary/aromatic N) is 1. The van der Waals surface area contributed by atoms with E-state index in [0.29, 0.717) is 17.1 Å². The molecule has 23 heavy (non-hydrogen) atoms. The van der Waals surface area contributed by atoms with Crippen LogP contribution in [0.25, 0.3) is 5.57 Å². The zero-order chi connectivity index (χ0) is 17.6. The van der Waals surface area contributed by atoms with Crippen molar-refractivity contribution in [2.75, 3.05) is 42.5 Å². The Balaban J connectivity index is 3.69. The normalized spacial score (nSPS) is 10.8. The Morgan fingerprint density at radius 1 is 0.913 bits per heavy atom. The predicted molar refractivity (Wildman–Crippen MR) is 84.6 cm³/mol. The molecule has 0 saturated carbocycles. The van der Waals surface area contributed by atoms with Gasteiger partial charge in [-0.05, 0) is 12.1 Å². The second kappa shape index (κ2) is 8.07. The van der Waals surface area contributed by atoms with E-state index in [1.807, 2.05) is 0 Å². The Bertz CT molecular complexity index is 621. The summed E-state index contributed by atoms with van der Waals surface area (Å²) in [5.41, 5.74) is 0.692. The van der Waals surface area contributed by atoms with Crippen LogP contribution < -0.4 is 9.47 Å². The van der Waals surface area contributed by atoms with Crippen molar-refractivity contribution in [3.8, 4) is 11.5 Å². The van der Waals surface area contributed by atoms with E-state index in [9.17, 15) is 9.59 Å². The molecule has 0 N–H and O–H groups in total. The fourth-order valence-corrected chi connectivity index (χ4v) is 1.98. The van der Waals surface area contributed by atoms with E-state index in [2.05, 4.69) is 0 Å². The molecule has 0 aromatic heterocycles. The van der Waals surface area contributed by atoms with Crippen LogP contribution in [-0.2, 0) is 14.3 Å². The van der Waals surface area contributed by atoms with Gasteiger partial charge >= 0.3 is 11.9 Å². The molecule has 1 aromatic rings. The van der Waals surface area contributed by atoms with Gasteiger partial charge in [0.25, 0.3) is 0 Å². The maximum atomic E-state index is 12.1. The number of carbonyl (C=O) groups excluding carboxylic acids is 2. The summed E-state index contributed by atoms with van der Waals surface area (Å²) in [7, 11) is 8.95. The lowest BCUT2D eigenvalue weighted by atomic mass is 9.99. The highest BCUT2D eigenvalue weighted by molar-refractivity contribution is 6.19. The lowest BCUT2D eigenvalue weighted by Gasteiger charge is -2.16. The van der Waals surface area contributed by atoms with Crippen LogP contribution in [-0.4, -0.2) is 59.4 Å². The van der Waals surface area contributed by atoms with Crippen molar-refractivity contribution >= 4 is 17.5 Å². The SMILES string of the molecule is COC(=O)/C(=C\N(C)C)c1cc(OC)c(OC)cc1C(=O)OC. The summed E-state index contributed by atoms with van der Waals surface area (Å²) in [6.07, 6.45) is 1.56. The first-order valence-electron chi connectivity index (χ1n) is 6.70. The van der Waals surface area contributed by atoms with E-state index in [1.54, 1.807) is 25.2 Å². The third kappa shape index (κ3) is 4.15. The summed E-state index contributed by atoms with van der Waals surface area (Å²) in [6.45, 7) is 0. The molecule has 7 heteroatoms. The lowest BCUT2D eigenvalue weighted by molar-refractivity contribution is -0.133. The molecule has 7 nitrogen and oxygen atoms in total. The van der Waals surface area contributed by atoms with Crippen LogP contribution in [0.1, 0.15) is 15.9 Å². The van der Waals surface area contributed by atoms with Crippen LogP contribution in [0.15, 0.2) is 18.3 Å². The average molecular weight is 323 g/mol. The van der Waals surface area contributed by atoms with Gasteiger partial charge in [-0.15, -0.1) is 0 Å². The van der Waals surface area contributed by atoms with Crippen molar-refractivity contribution < 1.29 is 28.5 Å². The van der Waals surface area contributed by atoms with Crippen molar-refractivity contribution in [2.24, 2.45) is 0 Å². The van der Waals surface area contributed by atoms with Gasteiger partial charge in [0.1, 0.15) is 0 Å². The molecule has 0 amide bonds. The molecule has 0 bridgehead atoms. The molecule has 0 spiro atoms. The van der Waals surface area contributed by atoms with Crippen molar-refractivity contribution in [1.82, 2.24) is 4.90 Å². The largest absolute Gasteiger partial charge is 0.493 e. The van der Waals surface area contributed by atoms with Crippen molar-refractivity contribution in [1.29, 1.82) is 0 Å². The number of ether oxygens (including phenoxy) is 4. The first-order chi connectivity index (χ1) is 10.9. The first-order valence-corrected chi connectivity index (χ1v) is 6.70. The average Bonchev–Trinajstić information content (AvgIpc) is 2.56. The zero-order valence-corrected chi connectivity index (χ0v) is 14.1. The summed E-state index contributed by atoms with van der Waals surface area (Å²) < 4.78 is 20.0. The molecule has 1 aromatic carbocycles. The highest BCUT2D eigenvalue weighted by atomic mass is 16.5. The highest BCUT2D eigenvalue weighted by Crippen LogP contribution is 2.34. The summed E-state index contributed by atoms with van der Waals surface area (Å²) in [6, 6.07) is 3.00. The van der Waals surface area contributed by atoms with Crippen LogP contribution in [0.4, 0.5) is 0 Å².